The van der Waals surface area contributed by atoms with Crippen molar-refractivity contribution in [2.75, 3.05) is 19.7 Å². The van der Waals surface area contributed by atoms with Gasteiger partial charge in [0.1, 0.15) is 5.75 Å². The fraction of sp³-hybridized carbons (Fsp3) is 0.625. The van der Waals surface area contributed by atoms with Crippen LogP contribution in [0.15, 0.2) is 22.7 Å². The van der Waals surface area contributed by atoms with E-state index < -0.39 is 0 Å². The van der Waals surface area contributed by atoms with Crippen molar-refractivity contribution >= 4 is 27.5 Å². The maximum absolute atomic E-state index is 6.06. The van der Waals surface area contributed by atoms with Gasteiger partial charge in [0.15, 0.2) is 0 Å². The minimum atomic E-state index is 0.710. The third kappa shape index (κ3) is 3.69. The maximum atomic E-state index is 6.06. The average Bonchev–Trinajstić information content (AvgIpc) is 3.23. The fourth-order valence-corrected chi connectivity index (χ4v) is 3.76. The van der Waals surface area contributed by atoms with Gasteiger partial charge in [0.05, 0.1) is 11.6 Å². The highest BCUT2D eigenvalue weighted by Crippen LogP contribution is 2.49. The maximum Gasteiger partial charge on any atom is 0.120 e. The van der Waals surface area contributed by atoms with Crippen LogP contribution in [0.2, 0.25) is 5.02 Å². The summed E-state index contributed by atoms with van der Waals surface area (Å²) in [6.45, 7) is 3.23. The summed E-state index contributed by atoms with van der Waals surface area (Å²) in [5, 5.41) is 4.16. The van der Waals surface area contributed by atoms with E-state index in [4.69, 9.17) is 16.3 Å². The predicted octanol–water partition coefficient (Wildman–Crippen LogP) is 4.51. The number of rotatable bonds is 5. The molecule has 0 unspecified atom stereocenters. The highest BCUT2D eigenvalue weighted by Gasteiger charge is 2.42. The SMILES string of the molecule is Clc1cc(OCC[C@@H]2C[C@@H]2C2CCNCC2)ccc1Br. The molecule has 2 atom stereocenters. The summed E-state index contributed by atoms with van der Waals surface area (Å²) in [5.74, 6) is 3.69. The van der Waals surface area contributed by atoms with Gasteiger partial charge in [-0.15, -0.1) is 0 Å². The zero-order chi connectivity index (χ0) is 13.9. The van der Waals surface area contributed by atoms with Crippen LogP contribution in [0.4, 0.5) is 0 Å². The van der Waals surface area contributed by atoms with E-state index in [0.717, 1.165) is 34.6 Å². The molecule has 2 nitrogen and oxygen atoms in total. The molecular weight excluding hydrogens is 338 g/mol. The molecule has 3 rings (SSSR count). The van der Waals surface area contributed by atoms with Gasteiger partial charge in [-0.05, 0) is 90.7 Å². The van der Waals surface area contributed by atoms with E-state index >= 15 is 0 Å². The summed E-state index contributed by atoms with van der Waals surface area (Å²) in [5.41, 5.74) is 0. The molecule has 1 aromatic carbocycles. The molecule has 1 aromatic rings. The summed E-state index contributed by atoms with van der Waals surface area (Å²) in [6.07, 6.45) is 5.33. The van der Waals surface area contributed by atoms with Gasteiger partial charge in [-0.1, -0.05) is 11.6 Å². The van der Waals surface area contributed by atoms with Gasteiger partial charge in [-0.3, -0.25) is 0 Å². The number of benzene rings is 1. The van der Waals surface area contributed by atoms with Crippen LogP contribution in [-0.4, -0.2) is 19.7 Å². The Labute approximate surface area is 134 Å². The van der Waals surface area contributed by atoms with E-state index in [0.29, 0.717) is 5.02 Å². The van der Waals surface area contributed by atoms with Crippen molar-refractivity contribution in [1.29, 1.82) is 0 Å². The first-order chi connectivity index (χ1) is 9.74. The Kier molecular flexibility index (Phi) is 4.90. The lowest BCUT2D eigenvalue weighted by atomic mass is 9.91. The second kappa shape index (κ2) is 6.67. The van der Waals surface area contributed by atoms with Gasteiger partial charge in [-0.25, -0.2) is 0 Å². The second-order valence-corrected chi connectivity index (χ2v) is 7.22. The smallest absolute Gasteiger partial charge is 0.120 e. The highest BCUT2D eigenvalue weighted by atomic mass is 79.9. The van der Waals surface area contributed by atoms with E-state index in [1.807, 2.05) is 18.2 Å². The number of ether oxygens (including phenoxy) is 1. The second-order valence-electron chi connectivity index (χ2n) is 5.96. The molecule has 1 aliphatic heterocycles. The van der Waals surface area contributed by atoms with Crippen molar-refractivity contribution in [3.63, 3.8) is 0 Å². The number of hydrogen-bond donors (Lipinski definition) is 1. The van der Waals surface area contributed by atoms with Crippen molar-refractivity contribution in [2.24, 2.45) is 17.8 Å². The van der Waals surface area contributed by atoms with Crippen molar-refractivity contribution in [2.45, 2.75) is 25.7 Å². The van der Waals surface area contributed by atoms with Crippen LogP contribution in [-0.2, 0) is 0 Å². The summed E-state index contributed by atoms with van der Waals surface area (Å²) in [4.78, 5) is 0. The topological polar surface area (TPSA) is 21.3 Å². The molecule has 4 heteroatoms. The summed E-state index contributed by atoms with van der Waals surface area (Å²) in [6, 6.07) is 5.78. The number of piperidine rings is 1. The van der Waals surface area contributed by atoms with Crippen molar-refractivity contribution in [1.82, 2.24) is 5.32 Å². The van der Waals surface area contributed by atoms with Crippen LogP contribution >= 0.6 is 27.5 Å². The Hall–Kier alpha value is -0.250. The summed E-state index contributed by atoms with van der Waals surface area (Å²) in [7, 11) is 0. The molecule has 1 N–H and O–H groups in total. The number of nitrogens with one attached hydrogen (secondary N) is 1. The van der Waals surface area contributed by atoms with Gasteiger partial charge in [0, 0.05) is 4.47 Å². The number of halogens is 2. The van der Waals surface area contributed by atoms with Crippen LogP contribution in [0.5, 0.6) is 5.75 Å². The minimum Gasteiger partial charge on any atom is -0.494 e. The fourth-order valence-electron chi connectivity index (χ4n) is 3.35. The lowest BCUT2D eigenvalue weighted by Crippen LogP contribution is -2.29. The molecule has 1 aliphatic carbocycles. The Morgan fingerprint density at radius 1 is 1.30 bits per heavy atom. The Morgan fingerprint density at radius 3 is 2.85 bits per heavy atom. The van der Waals surface area contributed by atoms with E-state index in [1.165, 1.54) is 38.8 Å². The average molecular weight is 359 g/mol. The molecule has 0 spiro atoms. The van der Waals surface area contributed by atoms with Gasteiger partial charge >= 0.3 is 0 Å². The van der Waals surface area contributed by atoms with E-state index in [-0.39, 0.29) is 0 Å². The molecule has 2 aliphatic rings. The molecule has 0 amide bonds. The van der Waals surface area contributed by atoms with Crippen molar-refractivity contribution in [3.8, 4) is 5.75 Å². The zero-order valence-corrected chi connectivity index (χ0v) is 13.9. The third-order valence-electron chi connectivity index (χ3n) is 4.62. The monoisotopic (exact) mass is 357 g/mol. The summed E-state index contributed by atoms with van der Waals surface area (Å²) < 4.78 is 6.73. The Morgan fingerprint density at radius 2 is 2.10 bits per heavy atom. The van der Waals surface area contributed by atoms with Crippen LogP contribution in [0.1, 0.15) is 25.7 Å². The molecule has 0 radical (unpaired) electrons. The summed E-state index contributed by atoms with van der Waals surface area (Å²) >= 11 is 9.45. The van der Waals surface area contributed by atoms with Crippen LogP contribution in [0, 0.1) is 17.8 Å². The molecule has 0 bridgehead atoms. The lowest BCUT2D eigenvalue weighted by Gasteiger charge is -2.22. The normalized spacial score (nSPS) is 26.5. The van der Waals surface area contributed by atoms with E-state index in [2.05, 4.69) is 21.2 Å². The standard InChI is InChI=1S/C16H21BrClNO/c17-15-2-1-13(10-16(15)18)20-8-5-12-9-14(12)11-3-6-19-7-4-11/h1-2,10-12,14,19H,3-9H2/t12-,14-/m1/s1. The molecular formula is C16H21BrClNO. The minimum absolute atomic E-state index is 0.710. The molecule has 1 saturated heterocycles. The van der Waals surface area contributed by atoms with Gasteiger partial charge in [0.25, 0.3) is 0 Å². The molecule has 110 valence electrons. The molecule has 2 fully saturated rings. The van der Waals surface area contributed by atoms with Crippen molar-refractivity contribution < 1.29 is 4.74 Å². The van der Waals surface area contributed by atoms with Gasteiger partial charge in [-0.2, -0.15) is 0 Å². The van der Waals surface area contributed by atoms with Crippen LogP contribution in [0.25, 0.3) is 0 Å². The van der Waals surface area contributed by atoms with Crippen molar-refractivity contribution in [3.05, 3.63) is 27.7 Å². The molecule has 1 saturated carbocycles. The number of hydrogen-bond acceptors (Lipinski definition) is 2. The van der Waals surface area contributed by atoms with Crippen LogP contribution < -0.4 is 10.1 Å². The first-order valence-corrected chi connectivity index (χ1v) is 8.69. The Balaban J connectivity index is 1.39. The first kappa shape index (κ1) is 14.7. The zero-order valence-electron chi connectivity index (χ0n) is 11.6. The Bertz CT molecular complexity index is 462. The van der Waals surface area contributed by atoms with Gasteiger partial charge < -0.3 is 10.1 Å². The highest BCUT2D eigenvalue weighted by molar-refractivity contribution is 9.10. The third-order valence-corrected chi connectivity index (χ3v) is 5.85. The lowest BCUT2D eigenvalue weighted by molar-refractivity contribution is 0.279. The molecule has 20 heavy (non-hydrogen) atoms. The van der Waals surface area contributed by atoms with E-state index in [1.54, 1.807) is 0 Å². The van der Waals surface area contributed by atoms with Gasteiger partial charge in [0.2, 0.25) is 0 Å². The van der Waals surface area contributed by atoms with Crippen LogP contribution in [0.3, 0.4) is 0 Å². The quantitative estimate of drug-likeness (QED) is 0.836. The largest absolute Gasteiger partial charge is 0.494 e. The van der Waals surface area contributed by atoms with E-state index in [9.17, 15) is 0 Å². The first-order valence-electron chi connectivity index (χ1n) is 7.52. The predicted molar refractivity (Wildman–Crippen MR) is 86.5 cm³/mol. The molecule has 1 heterocycles. The molecule has 0 aromatic heterocycles.